The second-order valence-electron chi connectivity index (χ2n) is 3.00. The van der Waals surface area contributed by atoms with E-state index in [1.165, 1.54) is 0 Å². The van der Waals surface area contributed by atoms with Gasteiger partial charge in [-0.3, -0.25) is 0 Å². The van der Waals surface area contributed by atoms with Crippen LogP contribution in [0.4, 0.5) is 0 Å². The van der Waals surface area contributed by atoms with Gasteiger partial charge in [-0.05, 0) is 25.7 Å². The summed E-state index contributed by atoms with van der Waals surface area (Å²) in [7, 11) is 0. The third kappa shape index (κ3) is 2.66. The quantitative estimate of drug-likeness (QED) is 0.635. The summed E-state index contributed by atoms with van der Waals surface area (Å²) in [6.45, 7) is 2.29. The van der Waals surface area contributed by atoms with Gasteiger partial charge in [0.1, 0.15) is 0 Å². The van der Waals surface area contributed by atoms with Crippen LogP contribution < -0.4 is 0 Å². The van der Waals surface area contributed by atoms with Crippen molar-refractivity contribution in [3.05, 3.63) is 12.2 Å². The fourth-order valence-corrected chi connectivity index (χ4v) is 1.06. The average Bonchev–Trinajstić information content (AvgIpc) is 2.80. The Morgan fingerprint density at radius 1 is 1.75 bits per heavy atom. The minimum absolute atomic E-state index is 0.257. The van der Waals surface area contributed by atoms with Crippen molar-refractivity contribution < 1.29 is 14.6 Å². The van der Waals surface area contributed by atoms with Crippen molar-refractivity contribution in [3.63, 3.8) is 0 Å². The predicted octanol–water partition coefficient (Wildman–Crippen LogP) is 1.44. The predicted molar refractivity (Wildman–Crippen MR) is 44.9 cm³/mol. The van der Waals surface area contributed by atoms with Crippen LogP contribution in [-0.2, 0) is 9.53 Å². The maximum Gasteiger partial charge on any atom is 0.333 e. The lowest BCUT2D eigenvalue weighted by molar-refractivity contribution is -0.150. The molecule has 1 fully saturated rings. The fourth-order valence-electron chi connectivity index (χ4n) is 1.06. The van der Waals surface area contributed by atoms with Crippen LogP contribution in [0.25, 0.3) is 0 Å². The standard InChI is InChI=1S/C9H14O3/c1-2-3-6-12-8(9(10)11)7-4-5-7/h2-3,7-8H,4-6H2,1H3,(H,10,11). The Bertz CT molecular complexity index is 182. The van der Waals surface area contributed by atoms with E-state index in [0.717, 1.165) is 12.8 Å². The molecule has 0 amide bonds. The lowest BCUT2D eigenvalue weighted by Crippen LogP contribution is -2.26. The van der Waals surface area contributed by atoms with Crippen molar-refractivity contribution in [1.82, 2.24) is 0 Å². The van der Waals surface area contributed by atoms with Crippen molar-refractivity contribution >= 4 is 5.97 Å². The van der Waals surface area contributed by atoms with E-state index in [9.17, 15) is 4.79 Å². The minimum Gasteiger partial charge on any atom is -0.479 e. The highest BCUT2D eigenvalue weighted by atomic mass is 16.5. The minimum atomic E-state index is -0.831. The number of carboxylic acids is 1. The first-order valence-corrected chi connectivity index (χ1v) is 4.21. The van der Waals surface area contributed by atoms with Crippen molar-refractivity contribution in [1.29, 1.82) is 0 Å². The third-order valence-corrected chi connectivity index (χ3v) is 1.90. The summed E-state index contributed by atoms with van der Waals surface area (Å²) in [4.78, 5) is 10.6. The van der Waals surface area contributed by atoms with Gasteiger partial charge < -0.3 is 9.84 Å². The molecule has 1 atom stereocenters. The first-order valence-electron chi connectivity index (χ1n) is 4.21. The van der Waals surface area contributed by atoms with Crippen molar-refractivity contribution in [2.75, 3.05) is 6.61 Å². The summed E-state index contributed by atoms with van der Waals surface area (Å²) in [6.07, 6.45) is 5.07. The lowest BCUT2D eigenvalue weighted by atomic mass is 10.2. The van der Waals surface area contributed by atoms with Crippen molar-refractivity contribution in [2.45, 2.75) is 25.9 Å². The lowest BCUT2D eigenvalue weighted by Gasteiger charge is -2.10. The number of hydrogen-bond donors (Lipinski definition) is 1. The zero-order valence-corrected chi connectivity index (χ0v) is 7.19. The van der Waals surface area contributed by atoms with E-state index < -0.39 is 12.1 Å². The molecule has 0 aromatic rings. The molecule has 1 N–H and O–H groups in total. The molecule has 0 bridgehead atoms. The van der Waals surface area contributed by atoms with Gasteiger partial charge in [-0.25, -0.2) is 4.79 Å². The Morgan fingerprint density at radius 3 is 2.83 bits per heavy atom. The summed E-state index contributed by atoms with van der Waals surface area (Å²) < 4.78 is 5.18. The van der Waals surface area contributed by atoms with Gasteiger partial charge in [-0.1, -0.05) is 12.2 Å². The molecule has 1 saturated carbocycles. The van der Waals surface area contributed by atoms with Gasteiger partial charge in [-0.15, -0.1) is 0 Å². The summed E-state index contributed by atoms with van der Waals surface area (Å²) in [5.74, 6) is -0.574. The maximum atomic E-state index is 10.6. The highest BCUT2D eigenvalue weighted by molar-refractivity contribution is 5.73. The number of ether oxygens (including phenoxy) is 1. The second-order valence-corrected chi connectivity index (χ2v) is 3.00. The van der Waals surface area contributed by atoms with Gasteiger partial charge in [-0.2, -0.15) is 0 Å². The number of aliphatic carboxylic acids is 1. The van der Waals surface area contributed by atoms with E-state index in [1.807, 2.05) is 19.1 Å². The molecule has 0 heterocycles. The molecule has 3 heteroatoms. The van der Waals surface area contributed by atoms with Crippen molar-refractivity contribution in [2.24, 2.45) is 5.92 Å². The molecule has 0 aromatic heterocycles. The van der Waals surface area contributed by atoms with Crippen LogP contribution in [-0.4, -0.2) is 23.8 Å². The Labute approximate surface area is 72.0 Å². The molecule has 1 aliphatic carbocycles. The SMILES string of the molecule is CC=CCOC(C(=O)O)C1CC1. The van der Waals surface area contributed by atoms with E-state index >= 15 is 0 Å². The molecular formula is C9H14O3. The highest BCUT2D eigenvalue weighted by Crippen LogP contribution is 2.34. The Balaban J connectivity index is 2.28. The number of hydrogen-bond acceptors (Lipinski definition) is 2. The van der Waals surface area contributed by atoms with E-state index in [1.54, 1.807) is 0 Å². The van der Waals surface area contributed by atoms with Gasteiger partial charge in [0.2, 0.25) is 0 Å². The van der Waals surface area contributed by atoms with Crippen LogP contribution in [0.2, 0.25) is 0 Å². The largest absolute Gasteiger partial charge is 0.479 e. The van der Waals surface area contributed by atoms with E-state index in [4.69, 9.17) is 9.84 Å². The fraction of sp³-hybridized carbons (Fsp3) is 0.667. The summed E-state index contributed by atoms with van der Waals surface area (Å²) in [5, 5.41) is 8.73. The van der Waals surface area contributed by atoms with Crippen molar-refractivity contribution in [3.8, 4) is 0 Å². The van der Waals surface area contributed by atoms with Gasteiger partial charge in [0.15, 0.2) is 6.10 Å². The number of allylic oxidation sites excluding steroid dienone is 1. The van der Waals surface area contributed by atoms with Gasteiger partial charge in [0.05, 0.1) is 6.61 Å². The molecule has 12 heavy (non-hydrogen) atoms. The van der Waals surface area contributed by atoms with Gasteiger partial charge in [0.25, 0.3) is 0 Å². The third-order valence-electron chi connectivity index (χ3n) is 1.90. The monoisotopic (exact) mass is 170 g/mol. The topological polar surface area (TPSA) is 46.5 Å². The highest BCUT2D eigenvalue weighted by Gasteiger charge is 2.36. The molecule has 0 aromatic carbocycles. The van der Waals surface area contributed by atoms with Crippen LogP contribution in [0.5, 0.6) is 0 Å². The van der Waals surface area contributed by atoms with E-state index in [0.29, 0.717) is 6.61 Å². The maximum absolute atomic E-state index is 10.6. The van der Waals surface area contributed by atoms with Crippen LogP contribution in [0, 0.1) is 5.92 Å². The molecule has 0 spiro atoms. The molecule has 3 nitrogen and oxygen atoms in total. The molecule has 0 aliphatic heterocycles. The molecule has 1 unspecified atom stereocenters. The molecule has 1 rings (SSSR count). The number of carbonyl (C=O) groups is 1. The second kappa shape index (κ2) is 4.26. The average molecular weight is 170 g/mol. The zero-order chi connectivity index (χ0) is 8.97. The Hall–Kier alpha value is -0.830. The normalized spacial score (nSPS) is 19.8. The smallest absolute Gasteiger partial charge is 0.333 e. The Kier molecular flexibility index (Phi) is 3.29. The molecular weight excluding hydrogens is 156 g/mol. The first kappa shape index (κ1) is 9.26. The van der Waals surface area contributed by atoms with Gasteiger partial charge >= 0.3 is 5.97 Å². The van der Waals surface area contributed by atoms with E-state index in [-0.39, 0.29) is 5.92 Å². The zero-order valence-electron chi connectivity index (χ0n) is 7.19. The molecule has 0 radical (unpaired) electrons. The van der Waals surface area contributed by atoms with Crippen LogP contribution in [0.3, 0.4) is 0 Å². The first-order chi connectivity index (χ1) is 5.75. The molecule has 1 aliphatic rings. The number of rotatable bonds is 5. The van der Waals surface area contributed by atoms with Crippen LogP contribution >= 0.6 is 0 Å². The van der Waals surface area contributed by atoms with Gasteiger partial charge in [0, 0.05) is 0 Å². The summed E-state index contributed by atoms with van der Waals surface area (Å²) in [6, 6.07) is 0. The molecule has 68 valence electrons. The Morgan fingerprint density at radius 2 is 2.42 bits per heavy atom. The summed E-state index contributed by atoms with van der Waals surface area (Å²) in [5.41, 5.74) is 0. The van der Waals surface area contributed by atoms with Crippen LogP contribution in [0.1, 0.15) is 19.8 Å². The molecule has 0 saturated heterocycles. The van der Waals surface area contributed by atoms with E-state index in [2.05, 4.69) is 0 Å². The van der Waals surface area contributed by atoms with Crippen LogP contribution in [0.15, 0.2) is 12.2 Å². The number of carboxylic acid groups (broad SMARTS) is 1. The summed E-state index contributed by atoms with van der Waals surface area (Å²) >= 11 is 0.